The van der Waals surface area contributed by atoms with Gasteiger partial charge in [-0.1, -0.05) is 6.07 Å². The van der Waals surface area contributed by atoms with E-state index in [0.717, 1.165) is 83.5 Å². The molecule has 1 aromatic carbocycles. The van der Waals surface area contributed by atoms with Gasteiger partial charge in [0.2, 0.25) is 0 Å². The van der Waals surface area contributed by atoms with Crippen LogP contribution in [0.25, 0.3) is 0 Å². The maximum absolute atomic E-state index is 5.82. The van der Waals surface area contributed by atoms with Gasteiger partial charge >= 0.3 is 0 Å². The van der Waals surface area contributed by atoms with E-state index in [1.165, 1.54) is 5.69 Å². The molecule has 2 atom stereocenters. The molecule has 0 spiro atoms. The van der Waals surface area contributed by atoms with Crippen molar-refractivity contribution >= 4 is 35.6 Å². The summed E-state index contributed by atoms with van der Waals surface area (Å²) in [4.78, 5) is 7.24. The highest BCUT2D eigenvalue weighted by Crippen LogP contribution is 2.26. The zero-order chi connectivity index (χ0) is 20.3. The van der Waals surface area contributed by atoms with Crippen molar-refractivity contribution in [2.24, 2.45) is 10.9 Å². The molecule has 0 radical (unpaired) electrons. The van der Waals surface area contributed by atoms with Gasteiger partial charge in [0, 0.05) is 57.7 Å². The number of hydrogen-bond donors (Lipinski definition) is 2. The van der Waals surface area contributed by atoms with Gasteiger partial charge in [-0.05, 0) is 44.2 Å². The first-order valence-corrected chi connectivity index (χ1v) is 10.9. The Bertz CT molecular complexity index is 641. The monoisotopic (exact) mass is 532 g/mol. The molecule has 1 aromatic rings. The third-order valence-electron chi connectivity index (χ3n) is 5.41. The van der Waals surface area contributed by atoms with Crippen LogP contribution in [0.3, 0.4) is 0 Å². The minimum absolute atomic E-state index is 0. The van der Waals surface area contributed by atoms with Crippen LogP contribution in [0, 0.1) is 5.92 Å². The average molecular weight is 532 g/mol. The summed E-state index contributed by atoms with van der Waals surface area (Å²) in [5.74, 6) is 2.38. The fourth-order valence-corrected chi connectivity index (χ4v) is 3.76. The molecule has 2 aliphatic rings. The van der Waals surface area contributed by atoms with Crippen LogP contribution in [0.2, 0.25) is 0 Å². The van der Waals surface area contributed by atoms with Crippen LogP contribution < -0.4 is 20.3 Å². The van der Waals surface area contributed by atoms with E-state index in [9.17, 15) is 0 Å². The molecule has 170 valence electrons. The number of ether oxygens (including phenoxy) is 3. The second-order valence-corrected chi connectivity index (χ2v) is 7.66. The molecule has 2 N–H and O–H groups in total. The van der Waals surface area contributed by atoms with E-state index in [1.807, 2.05) is 6.07 Å². The summed E-state index contributed by atoms with van der Waals surface area (Å²) >= 11 is 0. The second kappa shape index (κ2) is 13.9. The lowest BCUT2D eigenvalue weighted by Crippen LogP contribution is -2.38. The quantitative estimate of drug-likeness (QED) is 0.209. The number of nitrogens with one attached hydrogen (secondary N) is 2. The third-order valence-corrected chi connectivity index (χ3v) is 5.41. The summed E-state index contributed by atoms with van der Waals surface area (Å²) in [5, 5.41) is 6.77. The van der Waals surface area contributed by atoms with E-state index in [4.69, 9.17) is 19.2 Å². The Kier molecular flexibility index (Phi) is 11.6. The van der Waals surface area contributed by atoms with Crippen LogP contribution in [-0.4, -0.2) is 71.7 Å². The lowest BCUT2D eigenvalue weighted by atomic mass is 10.1. The van der Waals surface area contributed by atoms with Gasteiger partial charge in [-0.2, -0.15) is 0 Å². The predicted molar refractivity (Wildman–Crippen MR) is 133 cm³/mol. The van der Waals surface area contributed by atoms with Crippen molar-refractivity contribution in [2.75, 3.05) is 64.6 Å². The molecule has 30 heavy (non-hydrogen) atoms. The van der Waals surface area contributed by atoms with Crippen molar-refractivity contribution in [2.45, 2.75) is 32.3 Å². The SMILES string of the molecule is CCNC(=NCC1CCN(c2cccc(OC)c2)C1)NCCCOC1CCOC1.I. The van der Waals surface area contributed by atoms with E-state index >= 15 is 0 Å². The van der Waals surface area contributed by atoms with Gasteiger partial charge in [0.25, 0.3) is 0 Å². The first-order valence-electron chi connectivity index (χ1n) is 10.9. The fraction of sp³-hybridized carbons (Fsp3) is 0.682. The van der Waals surface area contributed by atoms with Gasteiger partial charge in [-0.3, -0.25) is 4.99 Å². The summed E-state index contributed by atoms with van der Waals surface area (Å²) in [6.07, 6.45) is 3.43. The van der Waals surface area contributed by atoms with Crippen molar-refractivity contribution in [1.82, 2.24) is 10.6 Å². The van der Waals surface area contributed by atoms with Crippen molar-refractivity contribution in [1.29, 1.82) is 0 Å². The van der Waals surface area contributed by atoms with Crippen LogP contribution in [0.1, 0.15) is 26.2 Å². The Balaban J connectivity index is 0.00000320. The largest absolute Gasteiger partial charge is 0.497 e. The number of nitrogens with zero attached hydrogens (tertiary/aromatic N) is 2. The third kappa shape index (κ3) is 8.11. The van der Waals surface area contributed by atoms with Gasteiger partial charge in [-0.15, -0.1) is 24.0 Å². The molecule has 8 heteroatoms. The highest BCUT2D eigenvalue weighted by Gasteiger charge is 2.23. The maximum atomic E-state index is 5.82. The maximum Gasteiger partial charge on any atom is 0.191 e. The molecule has 3 rings (SSSR count). The molecule has 0 amide bonds. The topological polar surface area (TPSA) is 67.4 Å². The van der Waals surface area contributed by atoms with E-state index < -0.39 is 0 Å². The summed E-state index contributed by atoms with van der Waals surface area (Å²) in [7, 11) is 1.71. The second-order valence-electron chi connectivity index (χ2n) is 7.66. The van der Waals surface area contributed by atoms with Crippen LogP contribution in [-0.2, 0) is 9.47 Å². The van der Waals surface area contributed by atoms with Gasteiger partial charge < -0.3 is 29.7 Å². The van der Waals surface area contributed by atoms with E-state index in [-0.39, 0.29) is 30.1 Å². The summed E-state index contributed by atoms with van der Waals surface area (Å²) in [5.41, 5.74) is 1.23. The number of guanidine groups is 1. The Hall–Kier alpha value is -1.26. The lowest BCUT2D eigenvalue weighted by molar-refractivity contribution is 0.0420. The Labute approximate surface area is 197 Å². The van der Waals surface area contributed by atoms with E-state index in [0.29, 0.717) is 5.92 Å². The van der Waals surface area contributed by atoms with Gasteiger partial charge in [-0.25, -0.2) is 0 Å². The first-order chi connectivity index (χ1) is 14.3. The highest BCUT2D eigenvalue weighted by molar-refractivity contribution is 14.0. The number of anilines is 1. The summed E-state index contributed by atoms with van der Waals surface area (Å²) in [6, 6.07) is 8.30. The normalized spacial score (nSPS) is 21.4. The van der Waals surface area contributed by atoms with Crippen LogP contribution >= 0.6 is 24.0 Å². The Morgan fingerprint density at radius 3 is 2.97 bits per heavy atom. The van der Waals surface area contributed by atoms with Crippen molar-refractivity contribution in [3.05, 3.63) is 24.3 Å². The van der Waals surface area contributed by atoms with Crippen molar-refractivity contribution in [3.63, 3.8) is 0 Å². The summed E-state index contributed by atoms with van der Waals surface area (Å²) in [6.45, 7) is 9.10. The van der Waals surface area contributed by atoms with E-state index in [2.05, 4.69) is 40.7 Å². The number of aliphatic imine (C=N–C) groups is 1. The van der Waals surface area contributed by atoms with Crippen molar-refractivity contribution in [3.8, 4) is 5.75 Å². The molecule has 7 nitrogen and oxygen atoms in total. The highest BCUT2D eigenvalue weighted by atomic mass is 127. The number of rotatable bonds is 10. The molecule has 2 saturated heterocycles. The molecule has 0 aromatic heterocycles. The molecule has 2 unspecified atom stereocenters. The standard InChI is InChI=1S/C22H36N4O3.HI/c1-3-23-22(24-10-5-12-29-21-9-13-28-17-21)25-15-18-8-11-26(16-18)19-6-4-7-20(14-19)27-2;/h4,6-7,14,18,21H,3,5,8-13,15-17H2,1-2H3,(H2,23,24,25);1H. The zero-order valence-corrected chi connectivity index (χ0v) is 20.6. The number of methoxy groups -OCH3 is 1. The molecule has 0 bridgehead atoms. The number of halogens is 1. The van der Waals surface area contributed by atoms with E-state index in [1.54, 1.807) is 7.11 Å². The lowest BCUT2D eigenvalue weighted by Gasteiger charge is -2.19. The number of hydrogen-bond acceptors (Lipinski definition) is 5. The Morgan fingerprint density at radius 2 is 2.20 bits per heavy atom. The summed E-state index contributed by atoms with van der Waals surface area (Å²) < 4.78 is 16.5. The smallest absolute Gasteiger partial charge is 0.191 e. The molecule has 0 saturated carbocycles. The van der Waals surface area contributed by atoms with Gasteiger partial charge in [0.05, 0.1) is 19.8 Å². The Morgan fingerprint density at radius 1 is 1.30 bits per heavy atom. The van der Waals surface area contributed by atoms with Gasteiger partial charge in [0.1, 0.15) is 5.75 Å². The predicted octanol–water partition coefficient (Wildman–Crippen LogP) is 2.89. The molecular weight excluding hydrogens is 495 g/mol. The molecule has 2 aliphatic heterocycles. The minimum atomic E-state index is 0. The van der Waals surface area contributed by atoms with Crippen LogP contribution in [0.15, 0.2) is 29.3 Å². The molecule has 2 heterocycles. The van der Waals surface area contributed by atoms with Crippen molar-refractivity contribution < 1.29 is 14.2 Å². The molecular formula is C22H37IN4O3. The zero-order valence-electron chi connectivity index (χ0n) is 18.3. The average Bonchev–Trinajstić information content (AvgIpc) is 3.44. The van der Waals surface area contributed by atoms with Gasteiger partial charge in [0.15, 0.2) is 5.96 Å². The minimum Gasteiger partial charge on any atom is -0.497 e. The van der Waals surface area contributed by atoms with Crippen LogP contribution in [0.5, 0.6) is 5.75 Å². The molecule has 2 fully saturated rings. The fourth-order valence-electron chi connectivity index (χ4n) is 3.76. The van der Waals surface area contributed by atoms with Crippen LogP contribution in [0.4, 0.5) is 5.69 Å². The first kappa shape index (κ1) is 25.0. The number of benzene rings is 1. The molecule has 0 aliphatic carbocycles.